The van der Waals surface area contributed by atoms with Crippen molar-refractivity contribution < 1.29 is 9.59 Å². The topological polar surface area (TPSA) is 115 Å². The van der Waals surface area contributed by atoms with E-state index in [2.05, 4.69) is 20.7 Å². The second-order valence-corrected chi connectivity index (χ2v) is 5.77. The molecular formula is C16H22N6O2. The Morgan fingerprint density at radius 3 is 2.75 bits per heavy atom. The maximum absolute atomic E-state index is 11.8. The number of nitrogens with one attached hydrogen (secondary N) is 2. The summed E-state index contributed by atoms with van der Waals surface area (Å²) < 4.78 is 1.64. The Bertz CT molecular complexity index is 684. The average Bonchev–Trinajstić information content (AvgIpc) is 3.12. The molecule has 2 rings (SSSR count). The zero-order valence-electron chi connectivity index (χ0n) is 13.8. The molecule has 0 aliphatic carbocycles. The fraction of sp³-hybridized carbons (Fsp3) is 0.375. The van der Waals surface area contributed by atoms with Gasteiger partial charge < -0.3 is 16.4 Å². The van der Waals surface area contributed by atoms with E-state index in [4.69, 9.17) is 5.73 Å². The van der Waals surface area contributed by atoms with Crippen LogP contribution in [0.4, 0.5) is 0 Å². The molecule has 1 aromatic carbocycles. The first-order valence-corrected chi connectivity index (χ1v) is 7.71. The minimum absolute atomic E-state index is 0.0209. The Morgan fingerprint density at radius 2 is 2.08 bits per heavy atom. The van der Waals surface area contributed by atoms with Crippen LogP contribution in [-0.2, 0) is 16.1 Å². The molecule has 0 bridgehead atoms. The van der Waals surface area contributed by atoms with E-state index in [1.807, 2.05) is 38.1 Å². The largest absolute Gasteiger partial charge is 0.350 e. The van der Waals surface area contributed by atoms with Gasteiger partial charge in [0.15, 0.2) is 0 Å². The van der Waals surface area contributed by atoms with Crippen LogP contribution in [0.5, 0.6) is 0 Å². The van der Waals surface area contributed by atoms with Gasteiger partial charge in [-0.1, -0.05) is 26.0 Å². The van der Waals surface area contributed by atoms with Crippen molar-refractivity contribution in [2.45, 2.75) is 26.4 Å². The number of carbonyl (C=O) groups excluding carboxylic acids is 2. The Kier molecular flexibility index (Phi) is 6.02. The van der Waals surface area contributed by atoms with Crippen LogP contribution in [0.25, 0.3) is 5.69 Å². The minimum atomic E-state index is -0.614. The maximum Gasteiger partial charge on any atom is 0.239 e. The normalized spacial score (nSPS) is 12.0. The van der Waals surface area contributed by atoms with Crippen LogP contribution in [-0.4, -0.2) is 39.2 Å². The van der Waals surface area contributed by atoms with Gasteiger partial charge in [0.2, 0.25) is 11.8 Å². The summed E-state index contributed by atoms with van der Waals surface area (Å²) in [4.78, 5) is 27.4. The molecule has 0 fully saturated rings. The van der Waals surface area contributed by atoms with Crippen molar-refractivity contribution in [1.29, 1.82) is 0 Å². The van der Waals surface area contributed by atoms with E-state index in [0.717, 1.165) is 11.3 Å². The van der Waals surface area contributed by atoms with E-state index in [-0.39, 0.29) is 24.3 Å². The number of nitrogens with zero attached hydrogens (tertiary/aromatic N) is 3. The van der Waals surface area contributed by atoms with E-state index in [1.54, 1.807) is 11.0 Å². The Balaban J connectivity index is 1.82. The van der Waals surface area contributed by atoms with Crippen molar-refractivity contribution in [3.05, 3.63) is 42.5 Å². The number of hydrogen-bond donors (Lipinski definition) is 3. The zero-order chi connectivity index (χ0) is 17.5. The third-order valence-electron chi connectivity index (χ3n) is 3.53. The predicted molar refractivity (Wildman–Crippen MR) is 89.0 cm³/mol. The zero-order valence-corrected chi connectivity index (χ0v) is 13.8. The van der Waals surface area contributed by atoms with Crippen LogP contribution >= 0.6 is 0 Å². The average molecular weight is 330 g/mol. The predicted octanol–water partition coefficient (Wildman–Crippen LogP) is -0.0170. The van der Waals surface area contributed by atoms with E-state index in [0.29, 0.717) is 6.54 Å². The molecule has 8 nitrogen and oxygen atoms in total. The van der Waals surface area contributed by atoms with Crippen LogP contribution in [0.1, 0.15) is 19.4 Å². The molecule has 1 atom stereocenters. The Hall–Kier alpha value is -2.74. The lowest BCUT2D eigenvalue weighted by molar-refractivity contribution is -0.127. The second-order valence-electron chi connectivity index (χ2n) is 5.77. The fourth-order valence-electron chi connectivity index (χ4n) is 2.00. The SMILES string of the molecule is CC(C)[C@H](N)C(=O)NCC(=O)NCc1cccc(-n2cncn2)c1. The highest BCUT2D eigenvalue weighted by molar-refractivity contribution is 5.87. The van der Waals surface area contributed by atoms with Gasteiger partial charge in [-0.2, -0.15) is 5.10 Å². The van der Waals surface area contributed by atoms with Gasteiger partial charge in [-0.25, -0.2) is 9.67 Å². The molecule has 0 saturated heterocycles. The number of carbonyl (C=O) groups is 2. The molecule has 1 heterocycles. The van der Waals surface area contributed by atoms with E-state index in [1.165, 1.54) is 6.33 Å². The van der Waals surface area contributed by atoms with Gasteiger partial charge in [0, 0.05) is 6.54 Å². The molecule has 0 unspecified atom stereocenters. The number of nitrogens with two attached hydrogens (primary N) is 1. The molecule has 8 heteroatoms. The van der Waals surface area contributed by atoms with Gasteiger partial charge in [-0.05, 0) is 23.6 Å². The first-order chi connectivity index (χ1) is 11.5. The molecule has 0 saturated carbocycles. The van der Waals surface area contributed by atoms with Crippen molar-refractivity contribution in [2.24, 2.45) is 11.7 Å². The summed E-state index contributed by atoms with van der Waals surface area (Å²) in [7, 11) is 0. The molecule has 4 N–H and O–H groups in total. The molecular weight excluding hydrogens is 308 g/mol. The van der Waals surface area contributed by atoms with E-state index >= 15 is 0 Å². The molecule has 0 spiro atoms. The number of benzene rings is 1. The second kappa shape index (κ2) is 8.21. The summed E-state index contributed by atoms with van der Waals surface area (Å²) in [6.07, 6.45) is 3.06. The minimum Gasteiger partial charge on any atom is -0.350 e. The summed E-state index contributed by atoms with van der Waals surface area (Å²) in [5.41, 5.74) is 7.49. The van der Waals surface area contributed by atoms with Crippen molar-refractivity contribution in [2.75, 3.05) is 6.54 Å². The third-order valence-corrected chi connectivity index (χ3v) is 3.53. The highest BCUT2D eigenvalue weighted by Crippen LogP contribution is 2.08. The van der Waals surface area contributed by atoms with Gasteiger partial charge in [0.05, 0.1) is 18.3 Å². The number of aromatic nitrogens is 3. The lowest BCUT2D eigenvalue weighted by Gasteiger charge is -2.15. The third kappa shape index (κ3) is 4.88. The maximum atomic E-state index is 11.8. The molecule has 2 aromatic rings. The summed E-state index contributed by atoms with van der Waals surface area (Å²) in [5.74, 6) is -0.577. The first kappa shape index (κ1) is 17.6. The smallest absolute Gasteiger partial charge is 0.239 e. The molecule has 0 aliphatic rings. The Labute approximate surface area is 140 Å². The molecule has 128 valence electrons. The van der Waals surface area contributed by atoms with Gasteiger partial charge in [-0.3, -0.25) is 9.59 Å². The van der Waals surface area contributed by atoms with E-state index in [9.17, 15) is 9.59 Å². The van der Waals surface area contributed by atoms with Gasteiger partial charge in [0.25, 0.3) is 0 Å². The highest BCUT2D eigenvalue weighted by atomic mass is 16.2. The van der Waals surface area contributed by atoms with Gasteiger partial charge in [0.1, 0.15) is 12.7 Å². The van der Waals surface area contributed by atoms with Crippen LogP contribution in [0.15, 0.2) is 36.9 Å². The van der Waals surface area contributed by atoms with Crippen molar-refractivity contribution in [1.82, 2.24) is 25.4 Å². The number of amides is 2. The first-order valence-electron chi connectivity index (χ1n) is 7.71. The monoisotopic (exact) mass is 330 g/mol. The quantitative estimate of drug-likeness (QED) is 0.660. The van der Waals surface area contributed by atoms with Crippen molar-refractivity contribution in [3.8, 4) is 5.69 Å². The number of rotatable bonds is 7. The molecule has 24 heavy (non-hydrogen) atoms. The lowest BCUT2D eigenvalue weighted by Crippen LogP contribution is -2.47. The number of hydrogen-bond acceptors (Lipinski definition) is 5. The van der Waals surface area contributed by atoms with Crippen molar-refractivity contribution >= 4 is 11.8 Å². The summed E-state index contributed by atoms with van der Waals surface area (Å²) >= 11 is 0. The fourth-order valence-corrected chi connectivity index (χ4v) is 2.00. The van der Waals surface area contributed by atoms with Gasteiger partial charge >= 0.3 is 0 Å². The standard InChI is InChI=1S/C16H22N6O2/c1-11(2)15(17)16(24)20-8-14(23)19-7-12-4-3-5-13(6-12)22-10-18-9-21-22/h3-6,9-11,15H,7-8,17H2,1-2H3,(H,19,23)(H,20,24)/t15-/m0/s1. The molecule has 0 aliphatic heterocycles. The van der Waals surface area contributed by atoms with E-state index < -0.39 is 6.04 Å². The summed E-state index contributed by atoms with van der Waals surface area (Å²) in [6.45, 7) is 3.97. The summed E-state index contributed by atoms with van der Waals surface area (Å²) in [6, 6.07) is 6.96. The summed E-state index contributed by atoms with van der Waals surface area (Å²) in [5, 5.41) is 9.35. The molecule has 1 aromatic heterocycles. The molecule has 2 amide bonds. The van der Waals surface area contributed by atoms with Crippen LogP contribution in [0, 0.1) is 5.92 Å². The lowest BCUT2D eigenvalue weighted by atomic mass is 10.1. The van der Waals surface area contributed by atoms with Crippen molar-refractivity contribution in [3.63, 3.8) is 0 Å². The van der Waals surface area contributed by atoms with Gasteiger partial charge in [-0.15, -0.1) is 0 Å². The highest BCUT2D eigenvalue weighted by Gasteiger charge is 2.17. The van der Waals surface area contributed by atoms with Crippen LogP contribution < -0.4 is 16.4 Å². The van der Waals surface area contributed by atoms with Crippen LogP contribution in [0.2, 0.25) is 0 Å². The van der Waals surface area contributed by atoms with Crippen LogP contribution in [0.3, 0.4) is 0 Å². The molecule has 0 radical (unpaired) electrons. The Morgan fingerprint density at radius 1 is 1.29 bits per heavy atom.